The van der Waals surface area contributed by atoms with Gasteiger partial charge in [-0.05, 0) is 39.2 Å². The maximum Gasteiger partial charge on any atom is 0.224 e. The second-order valence-corrected chi connectivity index (χ2v) is 6.83. The first-order valence-corrected chi connectivity index (χ1v) is 8.92. The van der Waals surface area contributed by atoms with E-state index >= 15 is 0 Å². The fraction of sp³-hybridized carbons (Fsp3) is 0.882. The topological polar surface area (TPSA) is 61.4 Å². The SMILES string of the molecule is CCCN(C(=O)CC(C)NC(=O)C1CCCC1)C1CCNC1.Cl. The van der Waals surface area contributed by atoms with Crippen molar-refractivity contribution in [1.29, 1.82) is 0 Å². The highest BCUT2D eigenvalue weighted by Gasteiger charge is 2.28. The van der Waals surface area contributed by atoms with Crippen LogP contribution in [0.1, 0.15) is 58.8 Å². The third kappa shape index (κ3) is 5.96. The van der Waals surface area contributed by atoms with E-state index < -0.39 is 0 Å². The van der Waals surface area contributed by atoms with Gasteiger partial charge in [0.15, 0.2) is 0 Å². The van der Waals surface area contributed by atoms with Crippen LogP contribution in [0.4, 0.5) is 0 Å². The standard InChI is InChI=1S/C17H31N3O2.ClH/c1-3-10-20(15-8-9-18-12-15)16(21)11-13(2)19-17(22)14-6-4-5-7-14;/h13-15,18H,3-12H2,1-2H3,(H,19,22);1H. The summed E-state index contributed by atoms with van der Waals surface area (Å²) in [6, 6.07) is 0.250. The summed E-state index contributed by atoms with van der Waals surface area (Å²) in [6.07, 6.45) is 6.74. The first-order chi connectivity index (χ1) is 10.6. The first kappa shape index (κ1) is 20.2. The summed E-state index contributed by atoms with van der Waals surface area (Å²) in [7, 11) is 0. The van der Waals surface area contributed by atoms with E-state index in [9.17, 15) is 9.59 Å². The highest BCUT2D eigenvalue weighted by atomic mass is 35.5. The molecular formula is C17H32ClN3O2. The van der Waals surface area contributed by atoms with E-state index in [0.29, 0.717) is 12.5 Å². The lowest BCUT2D eigenvalue weighted by molar-refractivity contribution is -0.134. The van der Waals surface area contributed by atoms with E-state index in [1.54, 1.807) is 0 Å². The summed E-state index contributed by atoms with van der Waals surface area (Å²) in [5.74, 6) is 0.487. The van der Waals surface area contributed by atoms with Crippen molar-refractivity contribution in [2.75, 3.05) is 19.6 Å². The molecule has 0 aromatic rings. The lowest BCUT2D eigenvalue weighted by Crippen LogP contribution is -2.45. The van der Waals surface area contributed by atoms with Gasteiger partial charge in [0.1, 0.15) is 0 Å². The van der Waals surface area contributed by atoms with Gasteiger partial charge in [0.05, 0.1) is 0 Å². The highest BCUT2D eigenvalue weighted by molar-refractivity contribution is 5.85. The second kappa shape index (κ2) is 10.1. The molecule has 6 heteroatoms. The molecule has 2 unspecified atom stereocenters. The zero-order chi connectivity index (χ0) is 15.9. The van der Waals surface area contributed by atoms with E-state index in [1.807, 2.05) is 11.8 Å². The Bertz CT molecular complexity index is 380. The second-order valence-electron chi connectivity index (χ2n) is 6.83. The highest BCUT2D eigenvalue weighted by Crippen LogP contribution is 2.24. The molecule has 1 aliphatic heterocycles. The van der Waals surface area contributed by atoms with Gasteiger partial charge < -0.3 is 15.5 Å². The molecule has 1 saturated heterocycles. The van der Waals surface area contributed by atoms with E-state index in [0.717, 1.165) is 58.2 Å². The number of hydrogen-bond donors (Lipinski definition) is 2. The number of amides is 2. The molecule has 0 aromatic heterocycles. The zero-order valence-corrected chi connectivity index (χ0v) is 15.3. The van der Waals surface area contributed by atoms with E-state index in [4.69, 9.17) is 0 Å². The van der Waals surface area contributed by atoms with Crippen molar-refractivity contribution in [3.8, 4) is 0 Å². The van der Waals surface area contributed by atoms with Crippen molar-refractivity contribution in [2.45, 2.75) is 70.9 Å². The molecule has 2 rings (SSSR count). The molecule has 23 heavy (non-hydrogen) atoms. The molecule has 1 aliphatic carbocycles. The molecule has 0 aromatic carbocycles. The van der Waals surface area contributed by atoms with Gasteiger partial charge in [-0.3, -0.25) is 9.59 Å². The number of rotatable bonds is 7. The third-order valence-corrected chi connectivity index (χ3v) is 4.86. The van der Waals surface area contributed by atoms with Crippen molar-refractivity contribution in [3.63, 3.8) is 0 Å². The predicted molar refractivity (Wildman–Crippen MR) is 94.7 cm³/mol. The van der Waals surface area contributed by atoms with Crippen LogP contribution in [0, 0.1) is 5.92 Å². The molecule has 1 heterocycles. The third-order valence-electron chi connectivity index (χ3n) is 4.86. The van der Waals surface area contributed by atoms with Gasteiger partial charge in [-0.2, -0.15) is 0 Å². The van der Waals surface area contributed by atoms with Crippen LogP contribution in [0.25, 0.3) is 0 Å². The molecule has 0 spiro atoms. The maximum atomic E-state index is 12.6. The number of carbonyl (C=O) groups excluding carboxylic acids is 2. The Morgan fingerprint density at radius 1 is 1.26 bits per heavy atom. The molecule has 2 fully saturated rings. The number of hydrogen-bond acceptors (Lipinski definition) is 3. The molecular weight excluding hydrogens is 314 g/mol. The summed E-state index contributed by atoms with van der Waals surface area (Å²) in [5, 5.41) is 6.36. The molecule has 2 aliphatic rings. The Labute approximate surface area is 146 Å². The number of halogens is 1. The molecule has 2 atom stereocenters. The molecule has 0 bridgehead atoms. The van der Waals surface area contributed by atoms with E-state index in [-0.39, 0.29) is 36.2 Å². The molecule has 1 saturated carbocycles. The van der Waals surface area contributed by atoms with Gasteiger partial charge in [-0.15, -0.1) is 12.4 Å². The van der Waals surface area contributed by atoms with Crippen LogP contribution in [-0.4, -0.2) is 48.4 Å². The van der Waals surface area contributed by atoms with Gasteiger partial charge in [0, 0.05) is 37.5 Å². The minimum Gasteiger partial charge on any atom is -0.353 e. The Hall–Kier alpha value is -0.810. The lowest BCUT2D eigenvalue weighted by atomic mass is 10.1. The molecule has 134 valence electrons. The summed E-state index contributed by atoms with van der Waals surface area (Å²) < 4.78 is 0. The van der Waals surface area contributed by atoms with E-state index in [1.165, 1.54) is 0 Å². The predicted octanol–water partition coefficient (Wildman–Crippen LogP) is 2.09. The van der Waals surface area contributed by atoms with Gasteiger partial charge in [0.2, 0.25) is 11.8 Å². The Balaban J connectivity index is 0.00000264. The van der Waals surface area contributed by atoms with Gasteiger partial charge >= 0.3 is 0 Å². The van der Waals surface area contributed by atoms with Crippen LogP contribution >= 0.6 is 12.4 Å². The van der Waals surface area contributed by atoms with Crippen molar-refractivity contribution in [3.05, 3.63) is 0 Å². The van der Waals surface area contributed by atoms with Crippen molar-refractivity contribution < 1.29 is 9.59 Å². The summed E-state index contributed by atoms with van der Waals surface area (Å²) >= 11 is 0. The molecule has 0 radical (unpaired) electrons. The largest absolute Gasteiger partial charge is 0.353 e. The minimum absolute atomic E-state index is 0. The smallest absolute Gasteiger partial charge is 0.224 e. The van der Waals surface area contributed by atoms with Crippen molar-refractivity contribution >= 4 is 24.2 Å². The Morgan fingerprint density at radius 2 is 1.96 bits per heavy atom. The lowest BCUT2D eigenvalue weighted by Gasteiger charge is -2.29. The summed E-state index contributed by atoms with van der Waals surface area (Å²) in [5.41, 5.74) is 0. The fourth-order valence-electron chi connectivity index (χ4n) is 3.64. The van der Waals surface area contributed by atoms with Crippen LogP contribution in [-0.2, 0) is 9.59 Å². The van der Waals surface area contributed by atoms with Crippen LogP contribution < -0.4 is 10.6 Å². The summed E-state index contributed by atoms with van der Waals surface area (Å²) in [6.45, 7) is 6.75. The van der Waals surface area contributed by atoms with Gasteiger partial charge in [0.25, 0.3) is 0 Å². The number of nitrogens with zero attached hydrogens (tertiary/aromatic N) is 1. The van der Waals surface area contributed by atoms with Crippen LogP contribution in [0.2, 0.25) is 0 Å². The average molecular weight is 346 g/mol. The van der Waals surface area contributed by atoms with Crippen LogP contribution in [0.5, 0.6) is 0 Å². The zero-order valence-electron chi connectivity index (χ0n) is 14.5. The Kier molecular flexibility index (Phi) is 8.92. The quantitative estimate of drug-likeness (QED) is 0.742. The minimum atomic E-state index is -0.0747. The van der Waals surface area contributed by atoms with Crippen LogP contribution in [0.15, 0.2) is 0 Å². The van der Waals surface area contributed by atoms with Crippen molar-refractivity contribution in [2.24, 2.45) is 5.92 Å². The normalized spacial score (nSPS) is 22.4. The number of nitrogens with one attached hydrogen (secondary N) is 2. The molecule has 5 nitrogen and oxygen atoms in total. The van der Waals surface area contributed by atoms with Gasteiger partial charge in [-0.25, -0.2) is 0 Å². The first-order valence-electron chi connectivity index (χ1n) is 8.92. The maximum absolute atomic E-state index is 12.6. The Morgan fingerprint density at radius 3 is 2.52 bits per heavy atom. The fourth-order valence-corrected chi connectivity index (χ4v) is 3.64. The van der Waals surface area contributed by atoms with Crippen molar-refractivity contribution in [1.82, 2.24) is 15.5 Å². The monoisotopic (exact) mass is 345 g/mol. The number of carbonyl (C=O) groups is 2. The van der Waals surface area contributed by atoms with E-state index in [2.05, 4.69) is 17.6 Å². The van der Waals surface area contributed by atoms with Crippen LogP contribution in [0.3, 0.4) is 0 Å². The summed E-state index contributed by atoms with van der Waals surface area (Å²) in [4.78, 5) is 26.7. The molecule has 2 N–H and O–H groups in total. The molecule has 2 amide bonds. The average Bonchev–Trinajstić information content (AvgIpc) is 3.17. The van der Waals surface area contributed by atoms with Gasteiger partial charge in [-0.1, -0.05) is 19.8 Å².